The van der Waals surface area contributed by atoms with E-state index in [1.807, 2.05) is 62.4 Å². The molecule has 1 heterocycles. The molecular formula is C37H45N5O9S. The van der Waals surface area contributed by atoms with Gasteiger partial charge in [0.15, 0.2) is 0 Å². The number of carbonyl (C=O) groups excluding carboxylic acids is 2. The molecule has 0 fully saturated rings. The Morgan fingerprint density at radius 2 is 1.58 bits per heavy atom. The van der Waals surface area contributed by atoms with Crippen molar-refractivity contribution in [3.05, 3.63) is 81.9 Å². The summed E-state index contributed by atoms with van der Waals surface area (Å²) >= 11 is 0. The maximum absolute atomic E-state index is 13.5. The molecule has 0 bridgehead atoms. The van der Waals surface area contributed by atoms with Crippen molar-refractivity contribution in [3.63, 3.8) is 0 Å². The largest absolute Gasteiger partial charge is 0.487 e. The van der Waals surface area contributed by atoms with Gasteiger partial charge in [-0.15, -0.1) is 0 Å². The van der Waals surface area contributed by atoms with Crippen molar-refractivity contribution in [1.29, 1.82) is 5.41 Å². The third-order valence-electron chi connectivity index (χ3n) is 9.52. The Hall–Kier alpha value is -5.15. The predicted molar refractivity (Wildman–Crippen MR) is 193 cm³/mol. The van der Waals surface area contributed by atoms with Crippen molar-refractivity contribution in [2.45, 2.75) is 82.4 Å². The average molecular weight is 736 g/mol. The first-order valence-corrected chi connectivity index (χ1v) is 18.5. The monoisotopic (exact) mass is 735 g/mol. The number of ether oxygens (including phenoxy) is 2. The first-order chi connectivity index (χ1) is 24.5. The molecule has 2 amide bonds. The number of carboxylic acids is 1. The van der Waals surface area contributed by atoms with Crippen molar-refractivity contribution in [2.24, 2.45) is 0 Å². The number of aliphatic hydroxyl groups excluding tert-OH is 1. The van der Waals surface area contributed by atoms with Gasteiger partial charge in [-0.2, -0.15) is 0 Å². The highest BCUT2D eigenvalue weighted by Crippen LogP contribution is 2.45. The summed E-state index contributed by atoms with van der Waals surface area (Å²) in [6.45, 7) is 8.23. The molecule has 1 aliphatic heterocycles. The predicted octanol–water partition coefficient (Wildman–Crippen LogP) is 3.38. The summed E-state index contributed by atoms with van der Waals surface area (Å²) in [5.74, 6) is -2.37. The van der Waals surface area contributed by atoms with E-state index in [0.29, 0.717) is 28.9 Å². The van der Waals surface area contributed by atoms with Crippen LogP contribution in [0.3, 0.4) is 0 Å². The van der Waals surface area contributed by atoms with Gasteiger partial charge in [0.1, 0.15) is 30.0 Å². The fourth-order valence-corrected chi connectivity index (χ4v) is 8.42. The van der Waals surface area contributed by atoms with Crippen molar-refractivity contribution in [1.82, 2.24) is 20.7 Å². The normalized spacial score (nSPS) is 15.3. The number of aliphatic carboxylic acids is 1. The molecule has 2 aliphatic rings. The molecule has 5 rings (SSSR count). The minimum absolute atomic E-state index is 0.0169. The summed E-state index contributed by atoms with van der Waals surface area (Å²) in [4.78, 5) is 37.7. The van der Waals surface area contributed by atoms with Crippen LogP contribution in [0, 0.1) is 26.2 Å². The second kappa shape index (κ2) is 15.2. The Kier molecular flexibility index (Phi) is 11.1. The van der Waals surface area contributed by atoms with Crippen LogP contribution in [-0.4, -0.2) is 80.0 Å². The number of hydrogen-bond donors (Lipinski definition) is 7. The molecule has 2 atom stereocenters. The fraction of sp³-hybridized carbons (Fsp3) is 0.405. The third kappa shape index (κ3) is 8.00. The number of rotatable bonds is 13. The number of carboxylic acid groups (broad SMARTS) is 1. The van der Waals surface area contributed by atoms with Crippen LogP contribution >= 0.6 is 0 Å². The molecule has 52 heavy (non-hydrogen) atoms. The number of carbonyl (C=O) groups is 3. The zero-order valence-corrected chi connectivity index (χ0v) is 30.6. The molecule has 0 spiro atoms. The molecule has 3 aromatic carbocycles. The van der Waals surface area contributed by atoms with Crippen LogP contribution in [-0.2, 0) is 30.8 Å². The van der Waals surface area contributed by atoms with E-state index in [4.69, 9.17) is 14.9 Å². The number of nitrogens with one attached hydrogen (secondary N) is 5. The lowest BCUT2D eigenvalue weighted by atomic mass is 9.94. The topological polar surface area (TPSA) is 216 Å². The lowest BCUT2D eigenvalue weighted by Gasteiger charge is -2.22. The molecule has 278 valence electrons. The second-order valence-electron chi connectivity index (χ2n) is 13.7. The number of hydrogen-bond acceptors (Lipinski definition) is 9. The van der Waals surface area contributed by atoms with Crippen LogP contribution in [0.15, 0.2) is 53.4 Å². The maximum Gasteiger partial charge on any atom is 0.407 e. The van der Waals surface area contributed by atoms with E-state index in [9.17, 15) is 33.0 Å². The van der Waals surface area contributed by atoms with Gasteiger partial charge >= 0.3 is 12.1 Å². The van der Waals surface area contributed by atoms with Gasteiger partial charge in [-0.1, -0.05) is 48.5 Å². The van der Waals surface area contributed by atoms with Crippen LogP contribution < -0.4 is 25.4 Å². The van der Waals surface area contributed by atoms with Crippen LogP contribution in [0.2, 0.25) is 0 Å². The average Bonchev–Trinajstić information content (AvgIpc) is 3.59. The van der Waals surface area contributed by atoms with Crippen LogP contribution in [0.5, 0.6) is 5.75 Å². The van der Waals surface area contributed by atoms with Gasteiger partial charge in [-0.25, -0.2) is 22.7 Å². The Labute approximate surface area is 302 Å². The zero-order chi connectivity index (χ0) is 38.0. The van der Waals surface area contributed by atoms with Crippen molar-refractivity contribution < 1.29 is 42.5 Å². The van der Waals surface area contributed by atoms with Crippen molar-refractivity contribution >= 4 is 34.0 Å². The molecule has 0 saturated carbocycles. The highest BCUT2D eigenvalue weighted by Gasteiger charge is 2.37. The van der Waals surface area contributed by atoms with Crippen molar-refractivity contribution in [2.75, 3.05) is 19.8 Å². The van der Waals surface area contributed by atoms with Crippen LogP contribution in [0.1, 0.15) is 66.0 Å². The molecule has 3 aromatic rings. The summed E-state index contributed by atoms with van der Waals surface area (Å²) in [6, 6.07) is 12.7. The zero-order valence-electron chi connectivity index (χ0n) is 29.8. The molecule has 1 aliphatic carbocycles. The second-order valence-corrected chi connectivity index (χ2v) is 15.3. The van der Waals surface area contributed by atoms with Gasteiger partial charge in [0.25, 0.3) is 10.0 Å². The number of aliphatic hydroxyl groups is 1. The molecule has 7 N–H and O–H groups in total. The Bertz CT molecular complexity index is 1970. The van der Waals surface area contributed by atoms with Gasteiger partial charge < -0.3 is 35.6 Å². The number of guanidine groups is 1. The van der Waals surface area contributed by atoms with E-state index in [1.165, 1.54) is 0 Å². The molecule has 0 unspecified atom stereocenters. The number of fused-ring (bicyclic) bond motifs is 4. The Balaban J connectivity index is 1.20. The first-order valence-electron chi connectivity index (χ1n) is 17.0. The summed E-state index contributed by atoms with van der Waals surface area (Å²) in [7, 11) is -4.17. The van der Waals surface area contributed by atoms with Crippen molar-refractivity contribution in [3.8, 4) is 16.9 Å². The fourth-order valence-electron chi connectivity index (χ4n) is 6.90. The molecular weight excluding hydrogens is 691 g/mol. The smallest absolute Gasteiger partial charge is 0.407 e. The minimum Gasteiger partial charge on any atom is -0.487 e. The standard InChI is InChI=1S/C37H45N5O9S/c1-20-21(2)32(22(3)27-17-37(4,5)51-31(20)27)52(48,49)42-35(38)39-16-10-15-29(33(44)40-30(18-43)34(45)46)41-36(47)50-19-28-25-13-8-6-11-23(25)24-12-7-9-14-26(24)28/h6-9,11-14,28-30,43H,10,15-19H2,1-5H3,(H,40,44)(H,41,47)(H,45,46)(H3,38,39,42)/t29-,30-/m0/s1. The maximum atomic E-state index is 13.5. The number of sulfonamides is 1. The molecule has 15 heteroatoms. The SMILES string of the molecule is Cc1c(C)c(S(=O)(=O)NC(=N)NCCC[C@H](NC(=O)OCC2c3ccccc3-c3ccccc32)C(=O)N[C@@H](CO)C(=O)O)c(C)c2c1OC(C)(C)C2. The van der Waals surface area contributed by atoms with Crippen LogP contribution in [0.4, 0.5) is 4.79 Å². The number of benzene rings is 3. The van der Waals surface area contributed by atoms with Gasteiger partial charge in [-0.3, -0.25) is 10.2 Å². The lowest BCUT2D eigenvalue weighted by Crippen LogP contribution is -2.53. The van der Waals surface area contributed by atoms with E-state index in [0.717, 1.165) is 27.8 Å². The lowest BCUT2D eigenvalue weighted by molar-refractivity contribution is -0.143. The first kappa shape index (κ1) is 38.1. The summed E-state index contributed by atoms with van der Waals surface area (Å²) in [6.07, 6.45) is -0.266. The summed E-state index contributed by atoms with van der Waals surface area (Å²) in [5.41, 5.74) is 6.20. The van der Waals surface area contributed by atoms with E-state index >= 15 is 0 Å². The van der Waals surface area contributed by atoms with E-state index < -0.39 is 58.2 Å². The van der Waals surface area contributed by atoms with Crippen LogP contribution in [0.25, 0.3) is 11.1 Å². The summed E-state index contributed by atoms with van der Waals surface area (Å²) in [5, 5.41) is 34.5. The molecule has 14 nitrogen and oxygen atoms in total. The van der Waals surface area contributed by atoms with E-state index in [-0.39, 0.29) is 36.8 Å². The van der Waals surface area contributed by atoms with E-state index in [2.05, 4.69) is 20.7 Å². The molecule has 0 radical (unpaired) electrons. The van der Waals surface area contributed by atoms with E-state index in [1.54, 1.807) is 20.8 Å². The highest BCUT2D eigenvalue weighted by molar-refractivity contribution is 7.90. The number of alkyl carbamates (subject to hydrolysis) is 1. The Morgan fingerprint density at radius 3 is 2.17 bits per heavy atom. The molecule has 0 aromatic heterocycles. The van der Waals surface area contributed by atoms with Gasteiger partial charge in [0.2, 0.25) is 11.9 Å². The van der Waals surface area contributed by atoms with Gasteiger partial charge in [0, 0.05) is 24.4 Å². The Morgan fingerprint density at radius 1 is 0.962 bits per heavy atom. The number of amides is 2. The quantitative estimate of drug-likeness (QED) is 0.0772. The molecule has 0 saturated heterocycles. The van der Waals surface area contributed by atoms with Gasteiger partial charge in [0.05, 0.1) is 11.5 Å². The highest BCUT2D eigenvalue weighted by atomic mass is 32.2. The third-order valence-corrected chi connectivity index (χ3v) is 11.1. The summed E-state index contributed by atoms with van der Waals surface area (Å²) < 4.78 is 41.0. The minimum atomic E-state index is -4.17. The van der Waals surface area contributed by atoms with Gasteiger partial charge in [-0.05, 0) is 86.4 Å².